The second-order valence-corrected chi connectivity index (χ2v) is 10.8. The molecule has 8 heteroatoms. The van der Waals surface area contributed by atoms with E-state index in [9.17, 15) is 9.59 Å². The number of hydrogen-bond donors (Lipinski definition) is 1. The van der Waals surface area contributed by atoms with Gasteiger partial charge >= 0.3 is 0 Å². The highest BCUT2D eigenvalue weighted by atomic mass is 32.2. The average molecular weight is 567 g/mol. The summed E-state index contributed by atoms with van der Waals surface area (Å²) in [5.74, 6) is 1.46. The number of benzene rings is 4. The number of para-hydroxylation sites is 1. The highest BCUT2D eigenvalue weighted by Gasteiger charge is 2.33. The Kier molecular flexibility index (Phi) is 8.28. The molecule has 1 N–H and O–H groups in total. The van der Waals surface area contributed by atoms with E-state index in [-0.39, 0.29) is 18.4 Å². The van der Waals surface area contributed by atoms with Gasteiger partial charge in [0.1, 0.15) is 17.2 Å². The fourth-order valence-corrected chi connectivity index (χ4v) is 5.29. The molecule has 1 aliphatic rings. The van der Waals surface area contributed by atoms with Gasteiger partial charge in [-0.3, -0.25) is 14.5 Å². The van der Waals surface area contributed by atoms with Crippen molar-refractivity contribution in [2.24, 2.45) is 0 Å². The molecule has 4 aromatic rings. The number of ether oxygens (including phenoxy) is 2. The molecule has 1 saturated heterocycles. The van der Waals surface area contributed by atoms with Crippen LogP contribution in [0.2, 0.25) is 0 Å². The van der Waals surface area contributed by atoms with Crippen molar-refractivity contribution in [3.63, 3.8) is 0 Å². The van der Waals surface area contributed by atoms with Crippen molar-refractivity contribution in [3.05, 3.63) is 119 Å². The van der Waals surface area contributed by atoms with Crippen LogP contribution in [0.1, 0.15) is 16.7 Å². The van der Waals surface area contributed by atoms with Crippen molar-refractivity contribution in [3.8, 4) is 17.2 Å². The van der Waals surface area contributed by atoms with E-state index in [1.165, 1.54) is 16.7 Å². The van der Waals surface area contributed by atoms with Crippen molar-refractivity contribution < 1.29 is 19.1 Å². The van der Waals surface area contributed by atoms with E-state index in [0.717, 1.165) is 28.1 Å². The minimum atomic E-state index is -0.255. The number of anilines is 2. The first kappa shape index (κ1) is 27.2. The minimum Gasteiger partial charge on any atom is -0.484 e. The largest absolute Gasteiger partial charge is 0.484 e. The summed E-state index contributed by atoms with van der Waals surface area (Å²) >= 11 is 6.76. The molecule has 4 aromatic carbocycles. The molecule has 1 aliphatic heterocycles. The van der Waals surface area contributed by atoms with Crippen molar-refractivity contribution in [1.29, 1.82) is 0 Å². The van der Waals surface area contributed by atoms with Crippen LogP contribution in [0.25, 0.3) is 6.08 Å². The summed E-state index contributed by atoms with van der Waals surface area (Å²) in [7, 11) is 0. The van der Waals surface area contributed by atoms with Crippen molar-refractivity contribution in [1.82, 2.24) is 0 Å². The first-order valence-corrected chi connectivity index (χ1v) is 13.8. The van der Waals surface area contributed by atoms with Crippen LogP contribution in [-0.4, -0.2) is 22.7 Å². The average Bonchev–Trinajstić information content (AvgIpc) is 3.23. The Bertz CT molecular complexity index is 1600. The predicted molar refractivity (Wildman–Crippen MR) is 165 cm³/mol. The van der Waals surface area contributed by atoms with Gasteiger partial charge in [0.25, 0.3) is 11.8 Å². The van der Waals surface area contributed by atoms with Crippen molar-refractivity contribution >= 4 is 57.6 Å². The molecule has 0 aromatic heterocycles. The number of hydrogen-bond acceptors (Lipinski definition) is 6. The molecule has 1 fully saturated rings. The van der Waals surface area contributed by atoms with Crippen LogP contribution < -0.4 is 19.7 Å². The molecule has 0 spiro atoms. The highest BCUT2D eigenvalue weighted by Crippen LogP contribution is 2.37. The molecule has 5 rings (SSSR count). The second kappa shape index (κ2) is 12.2. The number of rotatable bonds is 8. The van der Waals surface area contributed by atoms with E-state index in [1.54, 1.807) is 18.2 Å². The van der Waals surface area contributed by atoms with Crippen LogP contribution in [-0.2, 0) is 9.59 Å². The summed E-state index contributed by atoms with van der Waals surface area (Å²) in [5.41, 5.74) is 4.42. The zero-order valence-corrected chi connectivity index (χ0v) is 23.6. The molecule has 1 heterocycles. The highest BCUT2D eigenvalue weighted by molar-refractivity contribution is 8.27. The van der Waals surface area contributed by atoms with Crippen LogP contribution in [0.4, 0.5) is 11.4 Å². The van der Waals surface area contributed by atoms with Crippen LogP contribution in [0, 0.1) is 13.8 Å². The van der Waals surface area contributed by atoms with Crippen LogP contribution in [0.5, 0.6) is 17.2 Å². The summed E-state index contributed by atoms with van der Waals surface area (Å²) in [4.78, 5) is 27.6. The van der Waals surface area contributed by atoms with Crippen molar-refractivity contribution in [2.75, 3.05) is 16.8 Å². The molecule has 200 valence electrons. The Morgan fingerprint density at radius 1 is 0.875 bits per heavy atom. The maximum absolute atomic E-state index is 13.2. The van der Waals surface area contributed by atoms with E-state index < -0.39 is 0 Å². The molecule has 2 amide bonds. The zero-order valence-electron chi connectivity index (χ0n) is 21.9. The lowest BCUT2D eigenvalue weighted by atomic mass is 10.1. The third kappa shape index (κ3) is 6.59. The number of thiocarbonyl (C=S) groups is 1. The van der Waals surface area contributed by atoms with Gasteiger partial charge in [-0.1, -0.05) is 60.4 Å². The van der Waals surface area contributed by atoms with Crippen LogP contribution in [0.3, 0.4) is 0 Å². The van der Waals surface area contributed by atoms with Gasteiger partial charge in [0.05, 0.1) is 10.6 Å². The van der Waals surface area contributed by atoms with Gasteiger partial charge in [0.2, 0.25) is 0 Å². The van der Waals surface area contributed by atoms with E-state index in [0.29, 0.717) is 26.4 Å². The van der Waals surface area contributed by atoms with Gasteiger partial charge in [-0.25, -0.2) is 0 Å². The van der Waals surface area contributed by atoms with Crippen LogP contribution >= 0.6 is 24.0 Å². The van der Waals surface area contributed by atoms with Gasteiger partial charge in [-0.15, -0.1) is 0 Å². The lowest BCUT2D eigenvalue weighted by Gasteiger charge is -2.15. The first-order valence-electron chi connectivity index (χ1n) is 12.6. The Balaban J connectivity index is 1.22. The lowest BCUT2D eigenvalue weighted by molar-refractivity contribution is -0.118. The van der Waals surface area contributed by atoms with Gasteiger partial charge in [-0.2, -0.15) is 0 Å². The normalized spacial score (nSPS) is 13.9. The number of nitrogens with one attached hydrogen (secondary N) is 1. The zero-order chi connectivity index (χ0) is 28.1. The Morgan fingerprint density at radius 3 is 2.35 bits per heavy atom. The first-order chi connectivity index (χ1) is 19.4. The summed E-state index contributed by atoms with van der Waals surface area (Å²) in [6.07, 6.45) is 1.77. The minimum absolute atomic E-state index is 0.136. The molecule has 0 radical (unpaired) electrons. The fourth-order valence-electron chi connectivity index (χ4n) is 3.99. The summed E-state index contributed by atoms with van der Waals surface area (Å²) in [6.45, 7) is 3.88. The lowest BCUT2D eigenvalue weighted by Crippen LogP contribution is -2.27. The van der Waals surface area contributed by atoms with E-state index in [2.05, 4.69) is 5.32 Å². The maximum Gasteiger partial charge on any atom is 0.270 e. The topological polar surface area (TPSA) is 67.9 Å². The molecule has 6 nitrogen and oxygen atoms in total. The van der Waals surface area contributed by atoms with E-state index >= 15 is 0 Å². The van der Waals surface area contributed by atoms with Gasteiger partial charge < -0.3 is 14.8 Å². The van der Waals surface area contributed by atoms with Gasteiger partial charge in [0, 0.05) is 5.69 Å². The number of amides is 2. The number of nitrogens with zero attached hydrogens (tertiary/aromatic N) is 1. The van der Waals surface area contributed by atoms with Gasteiger partial charge in [-0.05, 0) is 97.3 Å². The monoisotopic (exact) mass is 566 g/mol. The third-order valence-electron chi connectivity index (χ3n) is 6.18. The second-order valence-electron chi connectivity index (χ2n) is 9.13. The molecule has 0 atom stereocenters. The number of carbonyl (C=O) groups is 2. The SMILES string of the molecule is Cc1ccc(NC(=O)COc2cccc(/C=C3\SC(=S)N(c4ccc(Oc5ccccc5)cc4)C3=O)c2)cc1C. The Morgan fingerprint density at radius 2 is 1.60 bits per heavy atom. The third-order valence-corrected chi connectivity index (χ3v) is 7.49. The standard InChI is InChI=1S/C32H26N2O4S2/c1-21-11-12-24(17-22(21)2)33-30(35)20-37-28-10-6-7-23(18-28)19-29-31(36)34(32(39)40-29)25-13-15-27(16-14-25)38-26-8-4-3-5-9-26/h3-19H,20H2,1-2H3,(H,33,35)/b29-19-. The molecule has 0 saturated carbocycles. The number of aryl methyl sites for hydroxylation is 2. The molecule has 0 unspecified atom stereocenters. The molecule has 0 bridgehead atoms. The molecular formula is C32H26N2O4S2. The molecule has 0 aliphatic carbocycles. The molecule has 40 heavy (non-hydrogen) atoms. The Labute approximate surface area is 242 Å². The smallest absolute Gasteiger partial charge is 0.270 e. The fraction of sp³-hybridized carbons (Fsp3) is 0.0938. The molecular weight excluding hydrogens is 540 g/mol. The van der Waals surface area contributed by atoms with Crippen LogP contribution in [0.15, 0.2) is 102 Å². The summed E-state index contributed by atoms with van der Waals surface area (Å²) < 4.78 is 12.0. The van der Waals surface area contributed by atoms with E-state index in [1.807, 2.05) is 98.8 Å². The quantitative estimate of drug-likeness (QED) is 0.176. The van der Waals surface area contributed by atoms with E-state index in [4.69, 9.17) is 21.7 Å². The predicted octanol–water partition coefficient (Wildman–Crippen LogP) is 7.52. The van der Waals surface area contributed by atoms with Crippen molar-refractivity contribution in [2.45, 2.75) is 13.8 Å². The number of carbonyl (C=O) groups excluding carboxylic acids is 2. The maximum atomic E-state index is 13.2. The van der Waals surface area contributed by atoms with Gasteiger partial charge in [0.15, 0.2) is 10.9 Å². The Hall–Kier alpha value is -4.40. The summed E-state index contributed by atoms with van der Waals surface area (Å²) in [6, 6.07) is 29.7. The summed E-state index contributed by atoms with van der Waals surface area (Å²) in [5, 5.41) is 2.85. The number of thioether (sulfide) groups is 1.